The number of aliphatic carboxylic acids is 2. The van der Waals surface area contributed by atoms with E-state index in [1.165, 1.54) is 0 Å². The van der Waals surface area contributed by atoms with Crippen molar-refractivity contribution in [1.29, 1.82) is 0 Å². The SMILES string of the molecule is CN(CCCCCCCCN(C)C(=O)CCC(=O)O)C(=O)CCC(=O)O. The lowest BCUT2D eigenvalue weighted by Crippen LogP contribution is -2.28. The number of hydrogen-bond donors (Lipinski definition) is 2. The third-order valence-electron chi connectivity index (χ3n) is 4.19. The van der Waals surface area contributed by atoms with E-state index in [1.807, 2.05) is 0 Å². The quantitative estimate of drug-likeness (QED) is 0.425. The number of carbonyl (C=O) groups is 4. The molecule has 150 valence electrons. The highest BCUT2D eigenvalue weighted by molar-refractivity contribution is 5.81. The van der Waals surface area contributed by atoms with Crippen molar-refractivity contribution >= 4 is 23.8 Å². The highest BCUT2D eigenvalue weighted by atomic mass is 16.4. The Balaban J connectivity index is 3.58. The smallest absolute Gasteiger partial charge is 0.303 e. The molecule has 0 fully saturated rings. The van der Waals surface area contributed by atoms with Gasteiger partial charge in [0.05, 0.1) is 12.8 Å². The summed E-state index contributed by atoms with van der Waals surface area (Å²) in [4.78, 5) is 47.3. The Morgan fingerprint density at radius 1 is 0.577 bits per heavy atom. The minimum atomic E-state index is -0.957. The first kappa shape index (κ1) is 23.9. The first-order valence-electron chi connectivity index (χ1n) is 9.15. The molecule has 0 aliphatic heterocycles. The van der Waals surface area contributed by atoms with Gasteiger partial charge in [0.2, 0.25) is 11.8 Å². The van der Waals surface area contributed by atoms with Crippen LogP contribution in [-0.4, -0.2) is 71.0 Å². The van der Waals surface area contributed by atoms with E-state index in [-0.39, 0.29) is 37.5 Å². The Morgan fingerprint density at radius 2 is 0.885 bits per heavy atom. The second-order valence-electron chi connectivity index (χ2n) is 6.54. The van der Waals surface area contributed by atoms with Crippen LogP contribution < -0.4 is 0 Å². The van der Waals surface area contributed by atoms with Crippen LogP contribution in [0.2, 0.25) is 0 Å². The molecule has 0 rings (SSSR count). The molecule has 2 N–H and O–H groups in total. The maximum atomic E-state index is 11.7. The van der Waals surface area contributed by atoms with Crippen LogP contribution in [0.3, 0.4) is 0 Å². The van der Waals surface area contributed by atoms with Crippen molar-refractivity contribution < 1.29 is 29.4 Å². The highest BCUT2D eigenvalue weighted by Gasteiger charge is 2.11. The second kappa shape index (κ2) is 14.1. The molecule has 26 heavy (non-hydrogen) atoms. The van der Waals surface area contributed by atoms with Gasteiger partial charge in [-0.1, -0.05) is 25.7 Å². The third kappa shape index (κ3) is 13.2. The maximum absolute atomic E-state index is 11.7. The predicted octanol–water partition coefficient (Wildman–Crippen LogP) is 1.97. The number of amides is 2. The Morgan fingerprint density at radius 3 is 1.19 bits per heavy atom. The zero-order chi connectivity index (χ0) is 19.9. The van der Waals surface area contributed by atoms with E-state index in [9.17, 15) is 19.2 Å². The summed E-state index contributed by atoms with van der Waals surface area (Å²) in [6.07, 6.45) is 5.73. The molecule has 0 aliphatic rings. The first-order valence-corrected chi connectivity index (χ1v) is 9.15. The third-order valence-corrected chi connectivity index (χ3v) is 4.19. The van der Waals surface area contributed by atoms with Crippen molar-refractivity contribution in [2.45, 2.75) is 64.2 Å². The van der Waals surface area contributed by atoms with Crippen molar-refractivity contribution in [3.63, 3.8) is 0 Å². The fraction of sp³-hybridized carbons (Fsp3) is 0.778. The topological polar surface area (TPSA) is 115 Å². The van der Waals surface area contributed by atoms with Gasteiger partial charge in [-0.2, -0.15) is 0 Å². The van der Waals surface area contributed by atoms with Crippen LogP contribution in [0.15, 0.2) is 0 Å². The summed E-state index contributed by atoms with van der Waals surface area (Å²) in [7, 11) is 3.39. The summed E-state index contributed by atoms with van der Waals surface area (Å²) in [6, 6.07) is 0. The van der Waals surface area contributed by atoms with Crippen molar-refractivity contribution in [1.82, 2.24) is 9.80 Å². The monoisotopic (exact) mass is 372 g/mol. The maximum Gasteiger partial charge on any atom is 0.303 e. The number of carboxylic acids is 2. The van der Waals surface area contributed by atoms with Gasteiger partial charge in [0.25, 0.3) is 0 Å². The molecule has 0 aromatic rings. The fourth-order valence-electron chi connectivity index (χ4n) is 2.46. The standard InChI is InChI=1S/C18H32N2O6/c1-19(15(21)9-11-17(23)24)13-7-5-3-4-6-8-14-20(2)16(22)10-12-18(25)26/h3-14H2,1-2H3,(H,23,24)(H,25,26). The molecule has 0 saturated carbocycles. The molecule has 0 unspecified atom stereocenters. The molecular formula is C18H32N2O6. The number of unbranched alkanes of at least 4 members (excludes halogenated alkanes) is 5. The average Bonchev–Trinajstić information content (AvgIpc) is 2.58. The zero-order valence-electron chi connectivity index (χ0n) is 15.9. The van der Waals surface area contributed by atoms with Crippen LogP contribution in [0.25, 0.3) is 0 Å². The molecule has 0 aliphatic carbocycles. The number of hydrogen-bond acceptors (Lipinski definition) is 4. The van der Waals surface area contributed by atoms with Crippen molar-refractivity contribution in [2.75, 3.05) is 27.2 Å². The van der Waals surface area contributed by atoms with E-state index < -0.39 is 11.9 Å². The largest absolute Gasteiger partial charge is 0.481 e. The van der Waals surface area contributed by atoms with E-state index in [0.717, 1.165) is 38.5 Å². The molecule has 8 nitrogen and oxygen atoms in total. The molecule has 0 radical (unpaired) electrons. The van der Waals surface area contributed by atoms with E-state index in [0.29, 0.717) is 13.1 Å². The molecule has 0 heterocycles. The molecule has 0 atom stereocenters. The van der Waals surface area contributed by atoms with Gasteiger partial charge in [-0.05, 0) is 12.8 Å². The Labute approximate surface area is 155 Å². The van der Waals surface area contributed by atoms with E-state index in [4.69, 9.17) is 10.2 Å². The van der Waals surface area contributed by atoms with Crippen molar-refractivity contribution in [2.24, 2.45) is 0 Å². The van der Waals surface area contributed by atoms with Gasteiger partial charge in [0, 0.05) is 40.0 Å². The first-order chi connectivity index (χ1) is 12.2. The van der Waals surface area contributed by atoms with Gasteiger partial charge in [0.15, 0.2) is 0 Å². The summed E-state index contributed by atoms with van der Waals surface area (Å²) >= 11 is 0. The van der Waals surface area contributed by atoms with Gasteiger partial charge >= 0.3 is 11.9 Å². The molecular weight excluding hydrogens is 340 g/mol. The minimum absolute atomic E-state index is 0.0462. The Bertz CT molecular complexity index is 425. The van der Waals surface area contributed by atoms with E-state index in [1.54, 1.807) is 23.9 Å². The summed E-state index contributed by atoms with van der Waals surface area (Å²) in [5.41, 5.74) is 0. The summed E-state index contributed by atoms with van der Waals surface area (Å²) in [5, 5.41) is 17.1. The van der Waals surface area contributed by atoms with E-state index >= 15 is 0 Å². The number of nitrogens with zero attached hydrogens (tertiary/aromatic N) is 2. The lowest BCUT2D eigenvalue weighted by atomic mass is 10.1. The molecule has 0 spiro atoms. The second-order valence-corrected chi connectivity index (χ2v) is 6.54. The number of carbonyl (C=O) groups excluding carboxylic acids is 2. The van der Waals surface area contributed by atoms with Crippen LogP contribution in [-0.2, 0) is 19.2 Å². The number of carboxylic acid groups (broad SMARTS) is 2. The molecule has 0 bridgehead atoms. The molecule has 0 aromatic carbocycles. The van der Waals surface area contributed by atoms with E-state index in [2.05, 4.69) is 0 Å². The normalized spacial score (nSPS) is 10.4. The highest BCUT2D eigenvalue weighted by Crippen LogP contribution is 2.08. The van der Waals surface area contributed by atoms with Gasteiger partial charge < -0.3 is 20.0 Å². The van der Waals surface area contributed by atoms with Crippen LogP contribution in [0.4, 0.5) is 0 Å². The molecule has 0 saturated heterocycles. The molecule has 8 heteroatoms. The van der Waals surface area contributed by atoms with Crippen molar-refractivity contribution in [3.05, 3.63) is 0 Å². The van der Waals surface area contributed by atoms with Gasteiger partial charge in [-0.15, -0.1) is 0 Å². The zero-order valence-corrected chi connectivity index (χ0v) is 15.9. The summed E-state index contributed by atoms with van der Waals surface area (Å²) in [5.74, 6) is -2.19. The Hall–Kier alpha value is -2.12. The van der Waals surface area contributed by atoms with Crippen LogP contribution in [0, 0.1) is 0 Å². The number of rotatable bonds is 15. The minimum Gasteiger partial charge on any atom is -0.481 e. The average molecular weight is 372 g/mol. The molecule has 0 aromatic heterocycles. The van der Waals surface area contributed by atoms with Gasteiger partial charge in [-0.25, -0.2) is 0 Å². The van der Waals surface area contributed by atoms with Gasteiger partial charge in [0.1, 0.15) is 0 Å². The summed E-state index contributed by atoms with van der Waals surface area (Å²) < 4.78 is 0. The molecule has 2 amide bonds. The van der Waals surface area contributed by atoms with Crippen LogP contribution in [0.5, 0.6) is 0 Å². The van der Waals surface area contributed by atoms with Crippen LogP contribution >= 0.6 is 0 Å². The summed E-state index contributed by atoms with van der Waals surface area (Å²) in [6.45, 7) is 1.28. The Kier molecular flexibility index (Phi) is 12.9. The fourth-order valence-corrected chi connectivity index (χ4v) is 2.46. The van der Waals surface area contributed by atoms with Crippen molar-refractivity contribution in [3.8, 4) is 0 Å². The predicted molar refractivity (Wildman–Crippen MR) is 96.7 cm³/mol. The lowest BCUT2D eigenvalue weighted by molar-refractivity contribution is -0.140. The van der Waals surface area contributed by atoms with Gasteiger partial charge in [-0.3, -0.25) is 19.2 Å². The lowest BCUT2D eigenvalue weighted by Gasteiger charge is -2.17. The van der Waals surface area contributed by atoms with Crippen LogP contribution in [0.1, 0.15) is 64.2 Å².